The Kier molecular flexibility index (Phi) is 4.91. The van der Waals surface area contributed by atoms with Gasteiger partial charge >= 0.3 is 0 Å². The van der Waals surface area contributed by atoms with E-state index < -0.39 is 0 Å². The molecule has 0 amide bonds. The van der Waals surface area contributed by atoms with Gasteiger partial charge in [-0.2, -0.15) is 0 Å². The molecule has 1 atom stereocenters. The van der Waals surface area contributed by atoms with Gasteiger partial charge in [0.15, 0.2) is 6.29 Å². The summed E-state index contributed by atoms with van der Waals surface area (Å²) < 4.78 is 11.0. The highest BCUT2D eigenvalue weighted by Gasteiger charge is 2.21. The van der Waals surface area contributed by atoms with Gasteiger partial charge in [-0.25, -0.2) is 0 Å². The molecule has 1 saturated heterocycles. The molecule has 0 spiro atoms. The van der Waals surface area contributed by atoms with E-state index in [2.05, 4.69) is 23.3 Å². The molecule has 1 unspecified atom stereocenters. The first-order valence-electron chi connectivity index (χ1n) is 6.25. The summed E-state index contributed by atoms with van der Waals surface area (Å²) in [5.41, 5.74) is 1.11. The quantitative estimate of drug-likeness (QED) is 0.810. The minimum absolute atomic E-state index is 0.0530. The van der Waals surface area contributed by atoms with Crippen LogP contribution in [0.25, 0.3) is 0 Å². The molecule has 1 aromatic rings. The molecule has 1 aliphatic heterocycles. The molecule has 1 N–H and O–H groups in total. The first-order valence-corrected chi connectivity index (χ1v) is 6.25. The minimum Gasteiger partial charge on any atom is -0.350 e. The smallest absolute Gasteiger partial charge is 0.159 e. The van der Waals surface area contributed by atoms with E-state index in [-0.39, 0.29) is 6.29 Å². The van der Waals surface area contributed by atoms with Crippen LogP contribution in [0.4, 0.5) is 0 Å². The van der Waals surface area contributed by atoms with Gasteiger partial charge in [-0.05, 0) is 18.7 Å². The molecule has 1 aliphatic rings. The van der Waals surface area contributed by atoms with E-state index in [0.29, 0.717) is 19.3 Å². The van der Waals surface area contributed by atoms with Crippen molar-refractivity contribution in [1.82, 2.24) is 10.3 Å². The lowest BCUT2D eigenvalue weighted by atomic mass is 10.1. The molecule has 1 fully saturated rings. The maximum Gasteiger partial charge on any atom is 0.159 e. The van der Waals surface area contributed by atoms with E-state index in [1.807, 2.05) is 18.3 Å². The number of pyridine rings is 1. The molecule has 0 saturated carbocycles. The van der Waals surface area contributed by atoms with Gasteiger partial charge in [0.2, 0.25) is 0 Å². The van der Waals surface area contributed by atoms with Gasteiger partial charge in [0.1, 0.15) is 0 Å². The van der Waals surface area contributed by atoms with Crippen molar-refractivity contribution in [3.63, 3.8) is 0 Å². The van der Waals surface area contributed by atoms with E-state index in [0.717, 1.165) is 25.1 Å². The van der Waals surface area contributed by atoms with Crippen molar-refractivity contribution in [1.29, 1.82) is 0 Å². The van der Waals surface area contributed by atoms with Crippen LogP contribution in [-0.2, 0) is 15.9 Å². The second-order valence-electron chi connectivity index (χ2n) is 4.19. The van der Waals surface area contributed by atoms with E-state index in [9.17, 15) is 0 Å². The number of hydrogen-bond donors (Lipinski definition) is 1. The molecule has 2 rings (SSSR count). The fourth-order valence-corrected chi connectivity index (χ4v) is 2.07. The van der Waals surface area contributed by atoms with Crippen molar-refractivity contribution in [3.05, 3.63) is 30.1 Å². The lowest BCUT2D eigenvalue weighted by Crippen LogP contribution is -2.35. The molecule has 0 radical (unpaired) electrons. The molecule has 4 nitrogen and oxygen atoms in total. The summed E-state index contributed by atoms with van der Waals surface area (Å²) in [5, 5.41) is 3.46. The van der Waals surface area contributed by atoms with Crippen molar-refractivity contribution >= 4 is 0 Å². The monoisotopic (exact) mass is 236 g/mol. The lowest BCUT2D eigenvalue weighted by Gasteiger charge is -2.20. The Balaban J connectivity index is 1.87. The Morgan fingerprint density at radius 3 is 2.88 bits per heavy atom. The predicted molar refractivity (Wildman–Crippen MR) is 65.7 cm³/mol. The molecule has 17 heavy (non-hydrogen) atoms. The third-order valence-corrected chi connectivity index (χ3v) is 2.84. The number of nitrogens with one attached hydrogen (secondary N) is 1. The van der Waals surface area contributed by atoms with Crippen LogP contribution < -0.4 is 5.32 Å². The first kappa shape index (κ1) is 12.5. The van der Waals surface area contributed by atoms with Crippen LogP contribution in [0.2, 0.25) is 0 Å². The van der Waals surface area contributed by atoms with Crippen LogP contribution >= 0.6 is 0 Å². The maximum absolute atomic E-state index is 5.48. The summed E-state index contributed by atoms with van der Waals surface area (Å²) in [6, 6.07) is 6.38. The first-order chi connectivity index (χ1) is 8.38. The summed E-state index contributed by atoms with van der Waals surface area (Å²) in [6.45, 7) is 4.49. The molecule has 2 heterocycles. The SMILES string of the molecule is CCNC(Cc1ccccn1)CC1OCCO1. The molecule has 0 bridgehead atoms. The number of rotatable bonds is 6. The number of nitrogens with zero attached hydrogens (tertiary/aromatic N) is 1. The van der Waals surface area contributed by atoms with Gasteiger partial charge in [-0.1, -0.05) is 13.0 Å². The zero-order chi connectivity index (χ0) is 11.9. The Bertz CT molecular complexity index is 312. The Labute approximate surface area is 102 Å². The van der Waals surface area contributed by atoms with Crippen molar-refractivity contribution in [2.45, 2.75) is 32.1 Å². The standard InChI is InChI=1S/C13H20N2O2/c1-2-14-12(10-13-16-7-8-17-13)9-11-5-3-4-6-15-11/h3-6,12-14H,2,7-10H2,1H3. The number of likely N-dealkylation sites (N-methyl/N-ethyl adjacent to an activating group) is 1. The van der Waals surface area contributed by atoms with Crippen LogP contribution in [-0.4, -0.2) is 37.1 Å². The fraction of sp³-hybridized carbons (Fsp3) is 0.615. The molecule has 1 aromatic heterocycles. The molecule has 0 aliphatic carbocycles. The summed E-state index contributed by atoms with van der Waals surface area (Å²) in [4.78, 5) is 4.35. The predicted octanol–water partition coefficient (Wildman–Crippen LogP) is 1.37. The summed E-state index contributed by atoms with van der Waals surface area (Å²) in [5.74, 6) is 0. The highest BCUT2D eigenvalue weighted by molar-refractivity contribution is 5.05. The minimum atomic E-state index is -0.0530. The van der Waals surface area contributed by atoms with Crippen LogP contribution in [0.15, 0.2) is 24.4 Å². The number of hydrogen-bond acceptors (Lipinski definition) is 4. The molecule has 0 aromatic carbocycles. The Hall–Kier alpha value is -0.970. The van der Waals surface area contributed by atoms with Crippen LogP contribution in [0.1, 0.15) is 19.0 Å². The van der Waals surface area contributed by atoms with Gasteiger partial charge in [-0.15, -0.1) is 0 Å². The summed E-state index contributed by atoms with van der Waals surface area (Å²) in [6.07, 6.45) is 3.58. The molecular formula is C13H20N2O2. The second kappa shape index (κ2) is 6.69. The molecule has 4 heteroatoms. The zero-order valence-electron chi connectivity index (χ0n) is 10.3. The maximum atomic E-state index is 5.48. The van der Waals surface area contributed by atoms with Crippen LogP contribution in [0.3, 0.4) is 0 Å². The fourth-order valence-electron chi connectivity index (χ4n) is 2.07. The van der Waals surface area contributed by atoms with E-state index in [4.69, 9.17) is 9.47 Å². The second-order valence-corrected chi connectivity index (χ2v) is 4.19. The van der Waals surface area contributed by atoms with Gasteiger partial charge in [0.05, 0.1) is 13.2 Å². The highest BCUT2D eigenvalue weighted by atomic mass is 16.7. The molecular weight excluding hydrogens is 216 g/mol. The van der Waals surface area contributed by atoms with Crippen molar-refractivity contribution < 1.29 is 9.47 Å². The van der Waals surface area contributed by atoms with Crippen molar-refractivity contribution in [2.75, 3.05) is 19.8 Å². The number of aromatic nitrogens is 1. The van der Waals surface area contributed by atoms with Gasteiger partial charge in [0, 0.05) is 30.8 Å². The van der Waals surface area contributed by atoms with Gasteiger partial charge in [-0.3, -0.25) is 4.98 Å². The van der Waals surface area contributed by atoms with Crippen LogP contribution in [0.5, 0.6) is 0 Å². The highest BCUT2D eigenvalue weighted by Crippen LogP contribution is 2.13. The summed E-state index contributed by atoms with van der Waals surface area (Å²) >= 11 is 0. The third-order valence-electron chi connectivity index (χ3n) is 2.84. The van der Waals surface area contributed by atoms with E-state index >= 15 is 0 Å². The van der Waals surface area contributed by atoms with E-state index in [1.54, 1.807) is 0 Å². The topological polar surface area (TPSA) is 43.4 Å². The average molecular weight is 236 g/mol. The number of ether oxygens (including phenoxy) is 2. The summed E-state index contributed by atoms with van der Waals surface area (Å²) in [7, 11) is 0. The average Bonchev–Trinajstić information content (AvgIpc) is 2.83. The normalized spacial score (nSPS) is 18.4. The Morgan fingerprint density at radius 2 is 2.24 bits per heavy atom. The largest absolute Gasteiger partial charge is 0.350 e. The van der Waals surface area contributed by atoms with Crippen molar-refractivity contribution in [3.8, 4) is 0 Å². The van der Waals surface area contributed by atoms with E-state index in [1.165, 1.54) is 0 Å². The third kappa shape index (κ3) is 4.07. The Morgan fingerprint density at radius 1 is 1.41 bits per heavy atom. The van der Waals surface area contributed by atoms with Gasteiger partial charge in [0.25, 0.3) is 0 Å². The zero-order valence-corrected chi connectivity index (χ0v) is 10.3. The van der Waals surface area contributed by atoms with Gasteiger partial charge < -0.3 is 14.8 Å². The van der Waals surface area contributed by atoms with Crippen molar-refractivity contribution in [2.24, 2.45) is 0 Å². The van der Waals surface area contributed by atoms with Crippen LogP contribution in [0, 0.1) is 0 Å². The lowest BCUT2D eigenvalue weighted by molar-refractivity contribution is -0.0526. The molecule has 94 valence electrons.